The Balaban J connectivity index is 1.67. The molecule has 1 fully saturated rings. The van der Waals surface area contributed by atoms with E-state index in [-0.39, 0.29) is 5.91 Å². The van der Waals surface area contributed by atoms with Crippen LogP contribution in [-0.4, -0.2) is 65.9 Å². The average Bonchev–Trinajstić information content (AvgIpc) is 2.71. The summed E-state index contributed by atoms with van der Waals surface area (Å²) in [5.41, 5.74) is 2.75. The van der Waals surface area contributed by atoms with Crippen LogP contribution in [0.15, 0.2) is 18.2 Å². The van der Waals surface area contributed by atoms with E-state index >= 15 is 0 Å². The molecule has 2 aromatic rings. The third kappa shape index (κ3) is 3.76. The van der Waals surface area contributed by atoms with Crippen molar-refractivity contribution in [2.45, 2.75) is 19.8 Å². The number of hydrogen-bond acceptors (Lipinski definition) is 4. The number of carbonyl (C=O) groups is 1. The number of imidazole rings is 1. The molecule has 1 aromatic carbocycles. The first kappa shape index (κ1) is 16.9. The standard InChI is InChI=1S/C16H22N4O3S/c1-12-17-14-5-4-13(10-15(14)18-12)11-16(21)19-6-3-7-20(9-8-19)24(2,22)23/h4-5,10H,3,6-9,11H2,1-2H3,(H,17,18). The lowest BCUT2D eigenvalue weighted by atomic mass is 10.1. The Hall–Kier alpha value is -1.93. The van der Waals surface area contributed by atoms with E-state index < -0.39 is 10.0 Å². The van der Waals surface area contributed by atoms with Crippen LogP contribution < -0.4 is 0 Å². The molecule has 3 rings (SSSR count). The number of nitrogens with one attached hydrogen (secondary N) is 1. The van der Waals surface area contributed by atoms with Crippen molar-refractivity contribution < 1.29 is 13.2 Å². The second-order valence-corrected chi connectivity index (χ2v) is 8.23. The van der Waals surface area contributed by atoms with Crippen LogP contribution in [0, 0.1) is 6.92 Å². The van der Waals surface area contributed by atoms with Crippen LogP contribution >= 0.6 is 0 Å². The lowest BCUT2D eigenvalue weighted by molar-refractivity contribution is -0.130. The predicted molar refractivity (Wildman–Crippen MR) is 92.1 cm³/mol. The molecule has 2 heterocycles. The molecule has 1 amide bonds. The number of aromatic nitrogens is 2. The highest BCUT2D eigenvalue weighted by molar-refractivity contribution is 7.88. The topological polar surface area (TPSA) is 86.4 Å². The number of H-pyrrole nitrogens is 1. The minimum Gasteiger partial charge on any atom is -0.342 e. The lowest BCUT2D eigenvalue weighted by Crippen LogP contribution is -2.37. The first-order valence-electron chi connectivity index (χ1n) is 8.01. The summed E-state index contributed by atoms with van der Waals surface area (Å²) in [5.74, 6) is 0.878. The van der Waals surface area contributed by atoms with E-state index in [0.29, 0.717) is 39.0 Å². The number of fused-ring (bicyclic) bond motifs is 1. The van der Waals surface area contributed by atoms with Gasteiger partial charge < -0.3 is 9.88 Å². The van der Waals surface area contributed by atoms with Crippen LogP contribution in [0.4, 0.5) is 0 Å². The summed E-state index contributed by atoms with van der Waals surface area (Å²) >= 11 is 0. The van der Waals surface area contributed by atoms with Gasteiger partial charge in [0.2, 0.25) is 15.9 Å². The Morgan fingerprint density at radius 3 is 2.79 bits per heavy atom. The minimum atomic E-state index is -3.19. The Morgan fingerprint density at radius 2 is 2.04 bits per heavy atom. The van der Waals surface area contributed by atoms with Gasteiger partial charge in [-0.25, -0.2) is 17.7 Å². The van der Waals surface area contributed by atoms with E-state index in [2.05, 4.69) is 9.97 Å². The van der Waals surface area contributed by atoms with E-state index in [1.807, 2.05) is 25.1 Å². The Labute approximate surface area is 141 Å². The molecule has 8 heteroatoms. The maximum Gasteiger partial charge on any atom is 0.227 e. The molecule has 1 aliphatic heterocycles. The summed E-state index contributed by atoms with van der Waals surface area (Å²) < 4.78 is 24.7. The fraction of sp³-hybridized carbons (Fsp3) is 0.500. The predicted octanol–water partition coefficient (Wildman–Crippen LogP) is 0.908. The van der Waals surface area contributed by atoms with Gasteiger partial charge in [-0.2, -0.15) is 0 Å². The molecule has 0 bridgehead atoms. The number of benzene rings is 1. The van der Waals surface area contributed by atoms with Gasteiger partial charge in [0, 0.05) is 26.2 Å². The number of aromatic amines is 1. The highest BCUT2D eigenvalue weighted by atomic mass is 32.2. The largest absolute Gasteiger partial charge is 0.342 e. The molecular formula is C16H22N4O3S. The first-order valence-corrected chi connectivity index (χ1v) is 9.86. The number of hydrogen-bond donors (Lipinski definition) is 1. The van der Waals surface area contributed by atoms with Gasteiger partial charge in [0.25, 0.3) is 0 Å². The Bertz CT molecular complexity index is 859. The molecule has 7 nitrogen and oxygen atoms in total. The van der Waals surface area contributed by atoms with E-state index in [0.717, 1.165) is 22.4 Å². The van der Waals surface area contributed by atoms with E-state index in [4.69, 9.17) is 0 Å². The fourth-order valence-corrected chi connectivity index (χ4v) is 3.93. The summed E-state index contributed by atoms with van der Waals surface area (Å²) in [4.78, 5) is 21.8. The summed E-state index contributed by atoms with van der Waals surface area (Å²) in [7, 11) is -3.19. The van der Waals surface area contributed by atoms with Gasteiger partial charge in [0.1, 0.15) is 5.82 Å². The van der Waals surface area contributed by atoms with Crippen molar-refractivity contribution in [2.24, 2.45) is 0 Å². The first-order chi connectivity index (χ1) is 11.3. The maximum absolute atomic E-state index is 12.6. The summed E-state index contributed by atoms with van der Waals surface area (Å²) in [6, 6.07) is 5.78. The Morgan fingerprint density at radius 1 is 1.25 bits per heavy atom. The van der Waals surface area contributed by atoms with Crippen molar-refractivity contribution in [3.8, 4) is 0 Å². The molecule has 1 aromatic heterocycles. The highest BCUT2D eigenvalue weighted by Crippen LogP contribution is 2.15. The van der Waals surface area contributed by atoms with Crippen LogP contribution in [0.25, 0.3) is 11.0 Å². The van der Waals surface area contributed by atoms with Crippen molar-refractivity contribution in [3.63, 3.8) is 0 Å². The third-order valence-corrected chi connectivity index (χ3v) is 5.60. The molecule has 0 saturated carbocycles. The van der Waals surface area contributed by atoms with E-state index in [1.165, 1.54) is 10.6 Å². The van der Waals surface area contributed by atoms with Crippen LogP contribution in [0.1, 0.15) is 17.8 Å². The van der Waals surface area contributed by atoms with E-state index in [1.54, 1.807) is 4.90 Å². The lowest BCUT2D eigenvalue weighted by Gasteiger charge is -2.21. The number of sulfonamides is 1. The van der Waals surface area contributed by atoms with Crippen LogP contribution in [0.5, 0.6) is 0 Å². The molecule has 0 radical (unpaired) electrons. The van der Waals surface area contributed by atoms with E-state index in [9.17, 15) is 13.2 Å². The quantitative estimate of drug-likeness (QED) is 0.891. The van der Waals surface area contributed by atoms with Crippen molar-refractivity contribution in [3.05, 3.63) is 29.6 Å². The van der Waals surface area contributed by atoms with Crippen LogP contribution in [-0.2, 0) is 21.2 Å². The average molecular weight is 350 g/mol. The van der Waals surface area contributed by atoms with Gasteiger partial charge >= 0.3 is 0 Å². The van der Waals surface area contributed by atoms with Crippen LogP contribution in [0.2, 0.25) is 0 Å². The summed E-state index contributed by atoms with van der Waals surface area (Å²) in [6.07, 6.45) is 2.19. The van der Waals surface area contributed by atoms with Crippen molar-refractivity contribution in [1.82, 2.24) is 19.2 Å². The SMILES string of the molecule is Cc1nc2ccc(CC(=O)N3CCCN(S(C)(=O)=O)CC3)cc2[nH]1. The number of rotatable bonds is 3. The normalized spacial score (nSPS) is 17.2. The minimum absolute atomic E-state index is 0.0286. The molecule has 0 unspecified atom stereocenters. The third-order valence-electron chi connectivity index (χ3n) is 4.30. The molecule has 0 spiro atoms. The zero-order chi connectivity index (χ0) is 17.3. The summed E-state index contributed by atoms with van der Waals surface area (Å²) in [6.45, 7) is 3.77. The maximum atomic E-state index is 12.6. The molecule has 1 N–H and O–H groups in total. The second-order valence-electron chi connectivity index (χ2n) is 6.25. The number of carbonyl (C=O) groups excluding carboxylic acids is 1. The van der Waals surface area contributed by atoms with Crippen LogP contribution in [0.3, 0.4) is 0 Å². The van der Waals surface area contributed by atoms with Crippen molar-refractivity contribution >= 4 is 27.0 Å². The zero-order valence-corrected chi connectivity index (χ0v) is 14.8. The Kier molecular flexibility index (Phi) is 4.60. The number of aryl methyl sites for hydroxylation is 1. The molecule has 0 atom stereocenters. The molecule has 1 saturated heterocycles. The van der Waals surface area contributed by atoms with Gasteiger partial charge in [-0.15, -0.1) is 0 Å². The van der Waals surface area contributed by atoms with Gasteiger partial charge in [-0.3, -0.25) is 4.79 Å². The monoisotopic (exact) mass is 350 g/mol. The van der Waals surface area contributed by atoms with Crippen molar-refractivity contribution in [1.29, 1.82) is 0 Å². The van der Waals surface area contributed by atoms with Crippen molar-refractivity contribution in [2.75, 3.05) is 32.4 Å². The molecule has 1 aliphatic rings. The smallest absolute Gasteiger partial charge is 0.227 e. The number of nitrogens with zero attached hydrogens (tertiary/aromatic N) is 3. The fourth-order valence-electron chi connectivity index (χ4n) is 3.06. The second kappa shape index (κ2) is 6.52. The van der Waals surface area contributed by atoms with Gasteiger partial charge in [0.15, 0.2) is 0 Å². The molecule has 0 aliphatic carbocycles. The summed E-state index contributed by atoms with van der Waals surface area (Å²) in [5, 5.41) is 0. The van der Waals surface area contributed by atoms with Gasteiger partial charge in [0.05, 0.1) is 23.7 Å². The number of amides is 1. The molecule has 24 heavy (non-hydrogen) atoms. The van der Waals surface area contributed by atoms with Gasteiger partial charge in [-0.05, 0) is 31.0 Å². The zero-order valence-electron chi connectivity index (χ0n) is 13.9. The highest BCUT2D eigenvalue weighted by Gasteiger charge is 2.23. The molecular weight excluding hydrogens is 328 g/mol. The van der Waals surface area contributed by atoms with Gasteiger partial charge in [-0.1, -0.05) is 6.07 Å². The molecule has 130 valence electrons.